The summed E-state index contributed by atoms with van der Waals surface area (Å²) in [7, 11) is 0. The molecule has 0 radical (unpaired) electrons. The van der Waals surface area contributed by atoms with Crippen molar-refractivity contribution in [2.75, 3.05) is 0 Å². The Labute approximate surface area is 111 Å². The molecular formula is C9H5BrF5NO3. The molecule has 106 valence electrons. The first-order valence-electron chi connectivity index (χ1n) is 4.54. The molecule has 10 heteroatoms. The van der Waals surface area contributed by atoms with Crippen molar-refractivity contribution in [3.8, 4) is 5.75 Å². The number of aromatic nitrogens is 1. The van der Waals surface area contributed by atoms with Gasteiger partial charge in [0.25, 0.3) is 6.43 Å². The molecule has 1 aromatic heterocycles. The van der Waals surface area contributed by atoms with Crippen LogP contribution in [0.15, 0.2) is 10.7 Å². The molecule has 0 atom stereocenters. The normalized spacial score (nSPS) is 11.7. The van der Waals surface area contributed by atoms with Crippen molar-refractivity contribution >= 4 is 21.9 Å². The van der Waals surface area contributed by atoms with Gasteiger partial charge < -0.3 is 9.84 Å². The quantitative estimate of drug-likeness (QED) is 0.847. The van der Waals surface area contributed by atoms with Gasteiger partial charge in [-0.1, -0.05) is 0 Å². The van der Waals surface area contributed by atoms with Gasteiger partial charge >= 0.3 is 12.3 Å². The minimum Gasteiger partial charge on any atom is -0.481 e. The second kappa shape index (κ2) is 5.68. The number of aliphatic carboxylic acids is 1. The van der Waals surface area contributed by atoms with E-state index in [-0.39, 0.29) is 5.56 Å². The first-order chi connectivity index (χ1) is 8.61. The van der Waals surface area contributed by atoms with Crippen molar-refractivity contribution in [1.29, 1.82) is 0 Å². The highest BCUT2D eigenvalue weighted by molar-refractivity contribution is 9.10. The Morgan fingerprint density at radius 1 is 1.47 bits per heavy atom. The van der Waals surface area contributed by atoms with E-state index in [2.05, 4.69) is 25.7 Å². The van der Waals surface area contributed by atoms with Crippen LogP contribution in [0.3, 0.4) is 0 Å². The summed E-state index contributed by atoms with van der Waals surface area (Å²) in [6, 6.07) is 0. The largest absolute Gasteiger partial charge is 0.573 e. The van der Waals surface area contributed by atoms with Gasteiger partial charge in [0.05, 0.1) is 10.9 Å². The number of alkyl halides is 5. The Morgan fingerprint density at radius 3 is 2.47 bits per heavy atom. The van der Waals surface area contributed by atoms with Gasteiger partial charge in [0.15, 0.2) is 5.75 Å². The standard InChI is InChI=1S/C9H5BrF5NO3/c10-5-3(1-4(17)18)2-16-6(8(11)12)7(5)19-9(13,14)15/h2,8H,1H2,(H,17,18). The van der Waals surface area contributed by atoms with Crippen molar-refractivity contribution in [2.24, 2.45) is 0 Å². The highest BCUT2D eigenvalue weighted by Gasteiger charge is 2.35. The van der Waals surface area contributed by atoms with Gasteiger partial charge in [0.2, 0.25) is 0 Å². The maximum absolute atomic E-state index is 12.5. The third-order valence-corrected chi connectivity index (χ3v) is 2.71. The van der Waals surface area contributed by atoms with Crippen LogP contribution in [0.5, 0.6) is 5.75 Å². The third kappa shape index (κ3) is 4.30. The molecule has 0 spiro atoms. The molecule has 0 bridgehead atoms. The monoisotopic (exact) mass is 349 g/mol. The van der Waals surface area contributed by atoms with Crippen molar-refractivity contribution < 1.29 is 36.6 Å². The third-order valence-electron chi connectivity index (χ3n) is 1.84. The van der Waals surface area contributed by atoms with E-state index in [0.717, 1.165) is 6.20 Å². The molecule has 0 saturated carbocycles. The molecule has 0 aromatic carbocycles. The van der Waals surface area contributed by atoms with Crippen LogP contribution in [-0.2, 0) is 11.2 Å². The Morgan fingerprint density at radius 2 is 2.05 bits per heavy atom. The Kier molecular flexibility index (Phi) is 4.66. The molecule has 0 amide bonds. The lowest BCUT2D eigenvalue weighted by Gasteiger charge is -2.15. The summed E-state index contributed by atoms with van der Waals surface area (Å²) < 4.78 is 64.4. The second-order valence-corrected chi connectivity index (χ2v) is 4.02. The number of carbonyl (C=O) groups is 1. The smallest absolute Gasteiger partial charge is 0.481 e. The Bertz CT molecular complexity index is 491. The number of ether oxygens (including phenoxy) is 1. The van der Waals surface area contributed by atoms with Crippen LogP contribution in [0.1, 0.15) is 17.7 Å². The van der Waals surface area contributed by atoms with Gasteiger partial charge in [-0.2, -0.15) is 0 Å². The number of rotatable bonds is 4. The molecule has 0 unspecified atom stereocenters. The lowest BCUT2D eigenvalue weighted by Crippen LogP contribution is -2.19. The molecule has 1 rings (SSSR count). The average Bonchev–Trinajstić information content (AvgIpc) is 2.21. The zero-order valence-electron chi connectivity index (χ0n) is 8.84. The zero-order valence-corrected chi connectivity index (χ0v) is 10.4. The van der Waals surface area contributed by atoms with Crippen LogP contribution in [-0.4, -0.2) is 22.4 Å². The van der Waals surface area contributed by atoms with E-state index in [1.165, 1.54) is 0 Å². The van der Waals surface area contributed by atoms with Crippen molar-refractivity contribution in [2.45, 2.75) is 19.2 Å². The molecular weight excluding hydrogens is 345 g/mol. The van der Waals surface area contributed by atoms with Crippen molar-refractivity contribution in [3.63, 3.8) is 0 Å². The predicted octanol–water partition coefficient (Wildman–Crippen LogP) is 3.31. The molecule has 0 aliphatic heterocycles. The average molecular weight is 350 g/mol. The summed E-state index contributed by atoms with van der Waals surface area (Å²) in [5, 5.41) is 8.53. The number of carboxylic acid groups (broad SMARTS) is 1. The summed E-state index contributed by atoms with van der Waals surface area (Å²) in [6.07, 6.45) is -8.43. The lowest BCUT2D eigenvalue weighted by molar-refractivity contribution is -0.275. The van der Waals surface area contributed by atoms with E-state index in [0.29, 0.717) is 0 Å². The van der Waals surface area contributed by atoms with E-state index in [1.807, 2.05) is 0 Å². The molecule has 0 saturated heterocycles. The number of carboxylic acids is 1. The molecule has 4 nitrogen and oxygen atoms in total. The van der Waals surface area contributed by atoms with Crippen LogP contribution < -0.4 is 4.74 Å². The van der Waals surface area contributed by atoms with Crippen molar-refractivity contribution in [3.05, 3.63) is 21.9 Å². The van der Waals surface area contributed by atoms with E-state index >= 15 is 0 Å². The number of nitrogens with zero attached hydrogens (tertiary/aromatic N) is 1. The second-order valence-electron chi connectivity index (χ2n) is 3.23. The minimum absolute atomic E-state index is 0.212. The van der Waals surface area contributed by atoms with Gasteiger partial charge in [-0.3, -0.25) is 9.78 Å². The molecule has 1 heterocycles. The van der Waals surface area contributed by atoms with Gasteiger partial charge in [-0.25, -0.2) is 8.78 Å². The Balaban J connectivity index is 3.31. The highest BCUT2D eigenvalue weighted by Crippen LogP contribution is 2.39. The minimum atomic E-state index is -5.20. The number of hydrogen-bond donors (Lipinski definition) is 1. The zero-order chi connectivity index (χ0) is 14.8. The highest BCUT2D eigenvalue weighted by atomic mass is 79.9. The SMILES string of the molecule is O=C(O)Cc1cnc(C(F)F)c(OC(F)(F)F)c1Br. The van der Waals surface area contributed by atoms with Gasteiger partial charge in [-0.05, 0) is 21.5 Å². The molecule has 1 aromatic rings. The summed E-state index contributed by atoms with van der Waals surface area (Å²) in [5.74, 6) is -2.59. The van der Waals surface area contributed by atoms with E-state index in [1.54, 1.807) is 0 Å². The van der Waals surface area contributed by atoms with Crippen LogP contribution in [0.2, 0.25) is 0 Å². The maximum Gasteiger partial charge on any atom is 0.573 e. The van der Waals surface area contributed by atoms with Crippen LogP contribution in [0, 0.1) is 0 Å². The molecule has 1 N–H and O–H groups in total. The number of hydrogen-bond acceptors (Lipinski definition) is 3. The summed E-state index contributed by atoms with van der Waals surface area (Å²) in [5.41, 5.74) is -1.44. The topological polar surface area (TPSA) is 59.4 Å². The summed E-state index contributed by atoms with van der Waals surface area (Å²) in [6.45, 7) is 0. The fourth-order valence-corrected chi connectivity index (χ4v) is 1.70. The molecule has 0 aliphatic rings. The van der Waals surface area contributed by atoms with Crippen molar-refractivity contribution in [1.82, 2.24) is 4.98 Å². The van der Waals surface area contributed by atoms with Gasteiger partial charge in [-0.15, -0.1) is 13.2 Å². The maximum atomic E-state index is 12.5. The van der Waals surface area contributed by atoms with E-state index in [4.69, 9.17) is 5.11 Å². The lowest BCUT2D eigenvalue weighted by atomic mass is 10.2. The summed E-state index contributed by atoms with van der Waals surface area (Å²) in [4.78, 5) is 13.6. The summed E-state index contributed by atoms with van der Waals surface area (Å²) >= 11 is 2.62. The van der Waals surface area contributed by atoms with Gasteiger partial charge in [0.1, 0.15) is 5.69 Å². The fraction of sp³-hybridized carbons (Fsp3) is 0.333. The molecule has 0 fully saturated rings. The van der Waals surface area contributed by atoms with E-state index < -0.39 is 41.1 Å². The van der Waals surface area contributed by atoms with Crippen LogP contribution >= 0.6 is 15.9 Å². The first kappa shape index (κ1) is 15.6. The van der Waals surface area contributed by atoms with Crippen LogP contribution in [0.4, 0.5) is 22.0 Å². The van der Waals surface area contributed by atoms with Crippen LogP contribution in [0.25, 0.3) is 0 Å². The Hall–Kier alpha value is -1.45. The molecule has 0 aliphatic carbocycles. The number of halogens is 6. The van der Waals surface area contributed by atoms with Gasteiger partial charge in [0, 0.05) is 6.20 Å². The fourth-order valence-electron chi connectivity index (χ4n) is 1.18. The number of pyridine rings is 1. The molecule has 19 heavy (non-hydrogen) atoms. The van der Waals surface area contributed by atoms with E-state index in [9.17, 15) is 26.7 Å². The predicted molar refractivity (Wildman–Crippen MR) is 54.9 cm³/mol. The first-order valence-corrected chi connectivity index (χ1v) is 5.34.